The molecule has 2 aromatic carbocycles. The molecule has 3 aromatic rings. The number of H-pyrrole nitrogens is 1. The van der Waals surface area contributed by atoms with Crippen molar-refractivity contribution >= 4 is 22.5 Å². The van der Waals surface area contributed by atoms with E-state index in [0.717, 1.165) is 35.4 Å². The molecule has 6 nitrogen and oxygen atoms in total. The Hall–Kier alpha value is -3.02. The molecular weight excluding hydrogens is 316 g/mol. The minimum absolute atomic E-state index is 0.0557. The second-order valence-corrected chi connectivity index (χ2v) is 6.12. The highest BCUT2D eigenvalue weighted by Crippen LogP contribution is 2.23. The van der Waals surface area contributed by atoms with Crippen LogP contribution in [0.15, 0.2) is 48.7 Å². The van der Waals surface area contributed by atoms with Crippen molar-refractivity contribution in [1.29, 1.82) is 0 Å². The number of aromatic amines is 1. The van der Waals surface area contributed by atoms with Gasteiger partial charge in [0.15, 0.2) is 0 Å². The van der Waals surface area contributed by atoms with Crippen LogP contribution in [0.4, 0.5) is 5.69 Å². The predicted octanol–water partition coefficient (Wildman–Crippen LogP) is 2.53. The summed E-state index contributed by atoms with van der Waals surface area (Å²) in [6.45, 7) is 3.00. The molecule has 25 heavy (non-hydrogen) atoms. The van der Waals surface area contributed by atoms with Crippen LogP contribution in [0.1, 0.15) is 10.4 Å². The third-order valence-electron chi connectivity index (χ3n) is 4.69. The summed E-state index contributed by atoms with van der Waals surface area (Å²) in [4.78, 5) is 17.1. The zero-order valence-corrected chi connectivity index (χ0v) is 14.1. The number of nitrogens with one attached hydrogen (secondary N) is 1. The van der Waals surface area contributed by atoms with Crippen LogP contribution in [0.2, 0.25) is 0 Å². The minimum atomic E-state index is 0.0557. The Labute approximate surface area is 146 Å². The van der Waals surface area contributed by atoms with E-state index >= 15 is 0 Å². The summed E-state index contributed by atoms with van der Waals surface area (Å²) in [5, 5.41) is 7.93. The number of amides is 1. The first-order chi connectivity index (χ1) is 12.3. The molecule has 6 heteroatoms. The highest BCUT2D eigenvalue weighted by atomic mass is 16.5. The molecule has 1 N–H and O–H groups in total. The van der Waals surface area contributed by atoms with Gasteiger partial charge in [0, 0.05) is 43.3 Å². The number of para-hydroxylation sites is 1. The van der Waals surface area contributed by atoms with E-state index in [4.69, 9.17) is 4.74 Å². The molecule has 0 atom stereocenters. The van der Waals surface area contributed by atoms with Crippen LogP contribution < -0.4 is 9.64 Å². The second-order valence-electron chi connectivity index (χ2n) is 6.12. The molecule has 1 aromatic heterocycles. The van der Waals surface area contributed by atoms with Gasteiger partial charge >= 0.3 is 0 Å². The molecule has 128 valence electrons. The molecule has 0 aliphatic carbocycles. The van der Waals surface area contributed by atoms with Gasteiger partial charge in [0.25, 0.3) is 5.91 Å². The maximum absolute atomic E-state index is 12.9. The van der Waals surface area contributed by atoms with E-state index in [2.05, 4.69) is 21.2 Å². The number of carbonyl (C=O) groups is 1. The molecule has 0 saturated carbocycles. The Balaban J connectivity index is 1.48. The van der Waals surface area contributed by atoms with Crippen molar-refractivity contribution in [3.63, 3.8) is 0 Å². The Morgan fingerprint density at radius 3 is 2.72 bits per heavy atom. The number of hydrogen-bond donors (Lipinski definition) is 1. The smallest absolute Gasteiger partial charge is 0.256 e. The molecule has 1 aliphatic rings. The van der Waals surface area contributed by atoms with Gasteiger partial charge in [-0.15, -0.1) is 0 Å². The number of ether oxygens (including phenoxy) is 1. The lowest BCUT2D eigenvalue weighted by Crippen LogP contribution is -2.48. The number of piperazine rings is 1. The summed E-state index contributed by atoms with van der Waals surface area (Å²) < 4.78 is 5.30. The SMILES string of the molecule is COc1cccc(N2CCN(C(=O)c3cccc4cn[nH]c34)CC2)c1. The number of anilines is 1. The number of benzene rings is 2. The van der Waals surface area contributed by atoms with E-state index < -0.39 is 0 Å². The predicted molar refractivity (Wildman–Crippen MR) is 97.2 cm³/mol. The van der Waals surface area contributed by atoms with Crippen molar-refractivity contribution in [3.05, 3.63) is 54.2 Å². The Morgan fingerprint density at radius 1 is 1.12 bits per heavy atom. The van der Waals surface area contributed by atoms with Crippen molar-refractivity contribution in [2.45, 2.75) is 0 Å². The summed E-state index contributed by atoms with van der Waals surface area (Å²) in [6, 6.07) is 13.7. The summed E-state index contributed by atoms with van der Waals surface area (Å²) in [5.41, 5.74) is 2.62. The van der Waals surface area contributed by atoms with Gasteiger partial charge in [-0.05, 0) is 18.2 Å². The van der Waals surface area contributed by atoms with Crippen LogP contribution in [-0.4, -0.2) is 54.3 Å². The topological polar surface area (TPSA) is 61.5 Å². The van der Waals surface area contributed by atoms with Crippen LogP contribution in [-0.2, 0) is 0 Å². The normalized spacial score (nSPS) is 14.8. The molecular formula is C19H20N4O2. The first-order valence-corrected chi connectivity index (χ1v) is 8.36. The summed E-state index contributed by atoms with van der Waals surface area (Å²) >= 11 is 0. The lowest BCUT2D eigenvalue weighted by molar-refractivity contribution is 0.0748. The molecule has 4 rings (SSSR count). The second kappa shape index (κ2) is 6.47. The highest BCUT2D eigenvalue weighted by Gasteiger charge is 2.24. The zero-order valence-electron chi connectivity index (χ0n) is 14.1. The van der Waals surface area contributed by atoms with E-state index in [1.807, 2.05) is 41.3 Å². The Morgan fingerprint density at radius 2 is 1.92 bits per heavy atom. The standard InChI is InChI=1S/C19H20N4O2/c1-25-16-6-3-5-15(12-16)22-8-10-23(11-9-22)19(24)17-7-2-4-14-13-20-21-18(14)17/h2-7,12-13H,8-11H2,1H3,(H,20,21). The number of rotatable bonds is 3. The highest BCUT2D eigenvalue weighted by molar-refractivity contribution is 6.05. The lowest BCUT2D eigenvalue weighted by atomic mass is 10.1. The number of nitrogens with zero attached hydrogens (tertiary/aromatic N) is 3. The number of carbonyl (C=O) groups excluding carboxylic acids is 1. The van der Waals surface area contributed by atoms with Gasteiger partial charge in [-0.3, -0.25) is 9.89 Å². The molecule has 0 bridgehead atoms. The largest absolute Gasteiger partial charge is 0.497 e. The first-order valence-electron chi connectivity index (χ1n) is 8.36. The van der Waals surface area contributed by atoms with Crippen molar-refractivity contribution in [1.82, 2.24) is 15.1 Å². The average molecular weight is 336 g/mol. The van der Waals surface area contributed by atoms with Gasteiger partial charge in [-0.25, -0.2) is 0 Å². The number of hydrogen-bond acceptors (Lipinski definition) is 4. The fraction of sp³-hybridized carbons (Fsp3) is 0.263. The van der Waals surface area contributed by atoms with E-state index in [1.54, 1.807) is 13.3 Å². The molecule has 0 spiro atoms. The quantitative estimate of drug-likeness (QED) is 0.798. The maximum atomic E-state index is 12.9. The number of aromatic nitrogens is 2. The van der Waals surface area contributed by atoms with Crippen LogP contribution in [0.3, 0.4) is 0 Å². The van der Waals surface area contributed by atoms with Crippen molar-refractivity contribution in [3.8, 4) is 5.75 Å². The van der Waals surface area contributed by atoms with E-state index in [0.29, 0.717) is 18.7 Å². The van der Waals surface area contributed by atoms with Crippen molar-refractivity contribution in [2.24, 2.45) is 0 Å². The molecule has 0 radical (unpaired) electrons. The molecule has 0 unspecified atom stereocenters. The zero-order chi connectivity index (χ0) is 17.2. The van der Waals surface area contributed by atoms with Gasteiger partial charge in [0.1, 0.15) is 5.75 Å². The van der Waals surface area contributed by atoms with Crippen LogP contribution in [0, 0.1) is 0 Å². The average Bonchev–Trinajstić information content (AvgIpc) is 3.16. The van der Waals surface area contributed by atoms with Crippen LogP contribution >= 0.6 is 0 Å². The van der Waals surface area contributed by atoms with Crippen LogP contribution in [0.5, 0.6) is 5.75 Å². The fourth-order valence-corrected chi connectivity index (χ4v) is 3.29. The third kappa shape index (κ3) is 2.91. The van der Waals surface area contributed by atoms with Gasteiger partial charge < -0.3 is 14.5 Å². The number of fused-ring (bicyclic) bond motifs is 1. The van der Waals surface area contributed by atoms with Gasteiger partial charge in [0.05, 0.1) is 24.4 Å². The molecule has 1 fully saturated rings. The third-order valence-corrected chi connectivity index (χ3v) is 4.69. The lowest BCUT2D eigenvalue weighted by Gasteiger charge is -2.36. The Kier molecular flexibility index (Phi) is 4.01. The molecule has 1 saturated heterocycles. The van der Waals surface area contributed by atoms with Crippen LogP contribution in [0.25, 0.3) is 10.9 Å². The van der Waals surface area contributed by atoms with E-state index in [9.17, 15) is 4.79 Å². The van der Waals surface area contributed by atoms with Gasteiger partial charge in [-0.1, -0.05) is 18.2 Å². The summed E-state index contributed by atoms with van der Waals surface area (Å²) in [5.74, 6) is 0.905. The Bertz CT molecular complexity index is 897. The first kappa shape index (κ1) is 15.5. The minimum Gasteiger partial charge on any atom is -0.497 e. The van der Waals surface area contributed by atoms with E-state index in [-0.39, 0.29) is 5.91 Å². The van der Waals surface area contributed by atoms with Gasteiger partial charge in [-0.2, -0.15) is 5.10 Å². The monoisotopic (exact) mass is 336 g/mol. The summed E-state index contributed by atoms with van der Waals surface area (Å²) in [7, 11) is 1.67. The number of methoxy groups -OCH3 is 1. The van der Waals surface area contributed by atoms with E-state index in [1.165, 1.54) is 0 Å². The molecule has 1 aliphatic heterocycles. The van der Waals surface area contributed by atoms with Gasteiger partial charge in [0.2, 0.25) is 0 Å². The maximum Gasteiger partial charge on any atom is 0.256 e. The molecule has 1 amide bonds. The van der Waals surface area contributed by atoms with Crippen molar-refractivity contribution in [2.75, 3.05) is 38.2 Å². The fourth-order valence-electron chi connectivity index (χ4n) is 3.29. The molecule has 2 heterocycles. The summed E-state index contributed by atoms with van der Waals surface area (Å²) in [6.07, 6.45) is 1.74. The van der Waals surface area contributed by atoms with Crippen molar-refractivity contribution < 1.29 is 9.53 Å².